The quantitative estimate of drug-likeness (QED) is 0.584. The summed E-state index contributed by atoms with van der Waals surface area (Å²) < 4.78 is 8.30. The van der Waals surface area contributed by atoms with E-state index in [9.17, 15) is 4.79 Å². The van der Waals surface area contributed by atoms with Gasteiger partial charge in [-0.15, -0.1) is 5.10 Å². The summed E-state index contributed by atoms with van der Waals surface area (Å²) >= 11 is 0. The van der Waals surface area contributed by atoms with Gasteiger partial charge >= 0.3 is 0 Å². The van der Waals surface area contributed by atoms with Crippen molar-refractivity contribution in [3.8, 4) is 17.1 Å². The molecule has 2 aromatic carbocycles. The average molecular weight is 361 g/mol. The van der Waals surface area contributed by atoms with Crippen LogP contribution < -0.4 is 10.1 Å². The summed E-state index contributed by atoms with van der Waals surface area (Å²) in [5, 5.41) is 18.1. The van der Waals surface area contributed by atoms with E-state index in [0.717, 1.165) is 17.1 Å². The van der Waals surface area contributed by atoms with E-state index in [-0.39, 0.29) is 5.91 Å². The van der Waals surface area contributed by atoms with Crippen molar-refractivity contribution in [3.05, 3.63) is 72.8 Å². The average Bonchev–Trinajstić information content (AvgIpc) is 3.41. The smallest absolute Gasteiger partial charge is 0.276 e. The third kappa shape index (κ3) is 3.52. The number of hydrogen-bond acceptors (Lipinski definition) is 6. The standard InChI is InChI=1S/C18H15N7O2/c1-27-16-8-6-14(7-9-16)24-11-10-17(21-24)18(26)20-13-2-4-15(5-3-13)25-12-19-22-23-25/h2-12H,1H3,(H,20,26). The van der Waals surface area contributed by atoms with E-state index in [1.165, 1.54) is 11.0 Å². The van der Waals surface area contributed by atoms with Crippen molar-refractivity contribution < 1.29 is 9.53 Å². The van der Waals surface area contributed by atoms with Gasteiger partial charge in [-0.05, 0) is 65.0 Å². The number of methoxy groups -OCH3 is 1. The number of carbonyl (C=O) groups excluding carboxylic acids is 1. The fourth-order valence-corrected chi connectivity index (χ4v) is 2.50. The minimum Gasteiger partial charge on any atom is -0.497 e. The van der Waals surface area contributed by atoms with Crippen LogP contribution in [0.3, 0.4) is 0 Å². The Kier molecular flexibility index (Phi) is 4.32. The summed E-state index contributed by atoms with van der Waals surface area (Å²) in [6.45, 7) is 0. The van der Waals surface area contributed by atoms with E-state index in [1.807, 2.05) is 36.4 Å². The predicted molar refractivity (Wildman–Crippen MR) is 97.2 cm³/mol. The summed E-state index contributed by atoms with van der Waals surface area (Å²) in [7, 11) is 1.61. The molecule has 1 N–H and O–H groups in total. The van der Waals surface area contributed by atoms with Gasteiger partial charge in [-0.25, -0.2) is 9.36 Å². The molecule has 4 rings (SSSR count). The number of rotatable bonds is 5. The second kappa shape index (κ2) is 7.08. The molecule has 0 unspecified atom stereocenters. The first kappa shape index (κ1) is 16.5. The molecule has 0 aliphatic heterocycles. The Morgan fingerprint density at radius 1 is 0.963 bits per heavy atom. The van der Waals surface area contributed by atoms with Crippen LogP contribution in [0.5, 0.6) is 5.75 Å². The monoisotopic (exact) mass is 361 g/mol. The summed E-state index contributed by atoms with van der Waals surface area (Å²) in [4.78, 5) is 12.4. The first-order chi connectivity index (χ1) is 13.2. The van der Waals surface area contributed by atoms with Crippen molar-refractivity contribution in [2.75, 3.05) is 12.4 Å². The molecule has 9 heteroatoms. The number of carbonyl (C=O) groups is 1. The van der Waals surface area contributed by atoms with Crippen molar-refractivity contribution >= 4 is 11.6 Å². The molecular weight excluding hydrogens is 346 g/mol. The third-order valence-corrected chi connectivity index (χ3v) is 3.90. The fourth-order valence-electron chi connectivity index (χ4n) is 2.50. The maximum absolute atomic E-state index is 12.4. The second-order valence-electron chi connectivity index (χ2n) is 5.60. The lowest BCUT2D eigenvalue weighted by molar-refractivity contribution is 0.102. The maximum Gasteiger partial charge on any atom is 0.276 e. The molecule has 0 fully saturated rings. The highest BCUT2D eigenvalue weighted by Crippen LogP contribution is 2.16. The van der Waals surface area contributed by atoms with Crippen LogP contribution in [0.1, 0.15) is 10.5 Å². The van der Waals surface area contributed by atoms with Crippen molar-refractivity contribution in [2.24, 2.45) is 0 Å². The highest BCUT2D eigenvalue weighted by Gasteiger charge is 2.11. The van der Waals surface area contributed by atoms with E-state index in [2.05, 4.69) is 25.9 Å². The Hall–Kier alpha value is -4.01. The van der Waals surface area contributed by atoms with E-state index >= 15 is 0 Å². The molecule has 0 saturated carbocycles. The molecule has 0 aliphatic carbocycles. The summed E-state index contributed by atoms with van der Waals surface area (Å²) in [6, 6.07) is 16.2. The summed E-state index contributed by atoms with van der Waals surface area (Å²) in [5.74, 6) is 0.464. The largest absolute Gasteiger partial charge is 0.497 e. The molecule has 2 heterocycles. The number of aromatic nitrogens is 6. The maximum atomic E-state index is 12.4. The Morgan fingerprint density at radius 2 is 1.67 bits per heavy atom. The van der Waals surface area contributed by atoms with Gasteiger partial charge in [0.2, 0.25) is 0 Å². The first-order valence-corrected chi connectivity index (χ1v) is 8.08. The fraction of sp³-hybridized carbons (Fsp3) is 0.0556. The molecule has 1 amide bonds. The number of nitrogens with zero attached hydrogens (tertiary/aromatic N) is 6. The molecule has 4 aromatic rings. The van der Waals surface area contributed by atoms with Gasteiger partial charge in [0.1, 0.15) is 12.1 Å². The first-order valence-electron chi connectivity index (χ1n) is 8.08. The number of ether oxygens (including phenoxy) is 1. The molecule has 0 bridgehead atoms. The van der Waals surface area contributed by atoms with Crippen molar-refractivity contribution in [1.82, 2.24) is 30.0 Å². The van der Waals surface area contributed by atoms with Gasteiger partial charge in [0.05, 0.1) is 18.5 Å². The molecule has 0 radical (unpaired) electrons. The highest BCUT2D eigenvalue weighted by atomic mass is 16.5. The summed E-state index contributed by atoms with van der Waals surface area (Å²) in [6.07, 6.45) is 3.23. The molecule has 2 aromatic heterocycles. The number of tetrazole rings is 1. The van der Waals surface area contributed by atoms with Gasteiger partial charge in [-0.2, -0.15) is 5.10 Å². The zero-order valence-electron chi connectivity index (χ0n) is 14.4. The number of benzene rings is 2. The van der Waals surface area contributed by atoms with Gasteiger partial charge in [0.15, 0.2) is 5.69 Å². The van der Waals surface area contributed by atoms with Crippen LogP contribution >= 0.6 is 0 Å². The molecule has 0 atom stereocenters. The van der Waals surface area contributed by atoms with Crippen LogP contribution in [0.25, 0.3) is 11.4 Å². The van der Waals surface area contributed by atoms with Crippen LogP contribution in [0.15, 0.2) is 67.1 Å². The van der Waals surface area contributed by atoms with Crippen molar-refractivity contribution in [2.45, 2.75) is 0 Å². The predicted octanol–water partition coefficient (Wildman–Crippen LogP) is 2.11. The Morgan fingerprint density at radius 3 is 2.33 bits per heavy atom. The molecule has 134 valence electrons. The van der Waals surface area contributed by atoms with Crippen LogP contribution in [0, 0.1) is 0 Å². The van der Waals surface area contributed by atoms with Crippen LogP contribution in [0.2, 0.25) is 0 Å². The Balaban J connectivity index is 1.46. The number of hydrogen-bond donors (Lipinski definition) is 1. The lowest BCUT2D eigenvalue weighted by atomic mass is 10.2. The van der Waals surface area contributed by atoms with Crippen LogP contribution in [0.4, 0.5) is 5.69 Å². The van der Waals surface area contributed by atoms with Crippen molar-refractivity contribution in [3.63, 3.8) is 0 Å². The topological polar surface area (TPSA) is 99.8 Å². The van der Waals surface area contributed by atoms with E-state index in [4.69, 9.17) is 4.74 Å². The molecule has 9 nitrogen and oxygen atoms in total. The zero-order valence-corrected chi connectivity index (χ0v) is 14.4. The van der Waals surface area contributed by atoms with Gasteiger partial charge < -0.3 is 10.1 Å². The minimum atomic E-state index is -0.294. The molecule has 27 heavy (non-hydrogen) atoms. The SMILES string of the molecule is COc1ccc(-n2ccc(C(=O)Nc3ccc(-n4cnnn4)cc3)n2)cc1. The molecular formula is C18H15N7O2. The highest BCUT2D eigenvalue weighted by molar-refractivity contribution is 6.02. The number of amides is 1. The Labute approximate surface area is 154 Å². The minimum absolute atomic E-state index is 0.294. The molecule has 0 spiro atoms. The second-order valence-corrected chi connectivity index (χ2v) is 5.60. The van der Waals surface area contributed by atoms with E-state index in [0.29, 0.717) is 11.4 Å². The van der Waals surface area contributed by atoms with Gasteiger partial charge in [-0.1, -0.05) is 0 Å². The molecule has 0 saturated heterocycles. The van der Waals surface area contributed by atoms with Gasteiger partial charge in [0.25, 0.3) is 5.91 Å². The Bertz CT molecular complexity index is 1040. The zero-order chi connectivity index (χ0) is 18.6. The lowest BCUT2D eigenvalue weighted by Crippen LogP contribution is -2.13. The van der Waals surface area contributed by atoms with Gasteiger partial charge in [0, 0.05) is 11.9 Å². The van der Waals surface area contributed by atoms with E-state index in [1.54, 1.807) is 36.2 Å². The van der Waals surface area contributed by atoms with Crippen LogP contribution in [-0.2, 0) is 0 Å². The van der Waals surface area contributed by atoms with Gasteiger partial charge in [-0.3, -0.25) is 4.79 Å². The number of anilines is 1. The normalized spacial score (nSPS) is 10.6. The van der Waals surface area contributed by atoms with Crippen molar-refractivity contribution in [1.29, 1.82) is 0 Å². The summed E-state index contributed by atoms with van der Waals surface area (Å²) in [5.41, 5.74) is 2.59. The molecule has 0 aliphatic rings. The lowest BCUT2D eigenvalue weighted by Gasteiger charge is -2.05. The third-order valence-electron chi connectivity index (χ3n) is 3.90. The van der Waals surface area contributed by atoms with Crippen LogP contribution in [-0.4, -0.2) is 43.0 Å². The van der Waals surface area contributed by atoms with E-state index < -0.39 is 0 Å². The number of nitrogens with one attached hydrogen (secondary N) is 1.